The lowest BCUT2D eigenvalue weighted by Crippen LogP contribution is -2.15. The Hall–Kier alpha value is -2.14. The van der Waals surface area contributed by atoms with Crippen LogP contribution in [-0.4, -0.2) is 23.0 Å². The molecule has 0 aliphatic rings. The van der Waals surface area contributed by atoms with E-state index in [0.29, 0.717) is 5.82 Å². The van der Waals surface area contributed by atoms with Gasteiger partial charge in [0.05, 0.1) is 7.11 Å². The van der Waals surface area contributed by atoms with Crippen LogP contribution in [0.25, 0.3) is 11.4 Å². The first-order valence-corrected chi connectivity index (χ1v) is 7.70. The van der Waals surface area contributed by atoms with Crippen molar-refractivity contribution < 1.29 is 9.53 Å². The van der Waals surface area contributed by atoms with Crippen molar-refractivity contribution in [3.05, 3.63) is 40.5 Å². The number of ether oxygens (including phenoxy) is 1. The number of hydrogen-bond acceptors (Lipinski definition) is 5. The van der Waals surface area contributed by atoms with Gasteiger partial charge in [-0.25, -0.2) is 14.8 Å². The second kappa shape index (κ2) is 6.54. The van der Waals surface area contributed by atoms with Crippen LogP contribution >= 0.6 is 11.6 Å². The molecule has 0 saturated carbocycles. The zero-order valence-electron chi connectivity index (χ0n) is 13.7. The fourth-order valence-electron chi connectivity index (χ4n) is 2.14. The van der Waals surface area contributed by atoms with Crippen molar-refractivity contribution in [2.45, 2.75) is 32.6 Å². The van der Waals surface area contributed by atoms with Crippen LogP contribution < -0.4 is 5.73 Å². The van der Waals surface area contributed by atoms with E-state index in [1.807, 2.05) is 24.3 Å². The Morgan fingerprint density at radius 3 is 2.35 bits per heavy atom. The maximum Gasteiger partial charge on any atom is 0.344 e. The van der Waals surface area contributed by atoms with Gasteiger partial charge in [0.2, 0.25) is 0 Å². The minimum Gasteiger partial charge on any atom is -0.465 e. The van der Waals surface area contributed by atoms with E-state index in [-0.39, 0.29) is 21.9 Å². The molecule has 0 aliphatic heterocycles. The molecule has 0 fully saturated rings. The normalized spacial score (nSPS) is 11.3. The topological polar surface area (TPSA) is 78.1 Å². The molecule has 1 aromatic heterocycles. The van der Waals surface area contributed by atoms with Gasteiger partial charge in [-0.2, -0.15) is 0 Å². The van der Waals surface area contributed by atoms with Crippen molar-refractivity contribution in [1.82, 2.24) is 9.97 Å². The minimum absolute atomic E-state index is 0.00446. The summed E-state index contributed by atoms with van der Waals surface area (Å²) in [7, 11) is 1.25. The molecule has 2 N–H and O–H groups in total. The number of anilines is 1. The first-order valence-electron chi connectivity index (χ1n) is 7.32. The van der Waals surface area contributed by atoms with Gasteiger partial charge in [-0.15, -0.1) is 0 Å². The van der Waals surface area contributed by atoms with Crippen LogP contribution in [-0.2, 0) is 10.2 Å². The van der Waals surface area contributed by atoms with Gasteiger partial charge in [0.15, 0.2) is 5.82 Å². The number of methoxy groups -OCH3 is 1. The molecule has 0 bridgehead atoms. The van der Waals surface area contributed by atoms with E-state index in [9.17, 15) is 4.79 Å². The highest BCUT2D eigenvalue weighted by Crippen LogP contribution is 2.29. The second-order valence-corrected chi connectivity index (χ2v) is 6.26. The van der Waals surface area contributed by atoms with Crippen molar-refractivity contribution in [1.29, 1.82) is 0 Å². The van der Waals surface area contributed by atoms with Gasteiger partial charge >= 0.3 is 5.97 Å². The Morgan fingerprint density at radius 2 is 1.87 bits per heavy atom. The molecule has 23 heavy (non-hydrogen) atoms. The molecule has 122 valence electrons. The van der Waals surface area contributed by atoms with E-state index < -0.39 is 5.97 Å². The van der Waals surface area contributed by atoms with Crippen molar-refractivity contribution in [2.75, 3.05) is 12.8 Å². The summed E-state index contributed by atoms with van der Waals surface area (Å²) in [6.07, 6.45) is 1.04. The van der Waals surface area contributed by atoms with E-state index in [2.05, 4.69) is 35.5 Å². The highest BCUT2D eigenvalue weighted by molar-refractivity contribution is 6.33. The standard InChI is InChI=1S/C17H20ClN3O2/c1-5-17(2,3)11-8-6-10(7-9-11)15-20-13(18)12(14(19)21-15)16(22)23-4/h6-9H,5H2,1-4H3,(H2,19,20,21). The smallest absolute Gasteiger partial charge is 0.344 e. The van der Waals surface area contributed by atoms with Crippen LogP contribution in [0.3, 0.4) is 0 Å². The summed E-state index contributed by atoms with van der Waals surface area (Å²) in [5.41, 5.74) is 7.92. The number of aromatic nitrogens is 2. The van der Waals surface area contributed by atoms with Gasteiger partial charge in [-0.05, 0) is 17.4 Å². The number of nitrogens with two attached hydrogens (primary N) is 1. The third-order valence-electron chi connectivity index (χ3n) is 4.09. The molecule has 0 radical (unpaired) electrons. The molecule has 5 nitrogen and oxygen atoms in total. The lowest BCUT2D eigenvalue weighted by molar-refractivity contribution is 0.0601. The molecule has 1 heterocycles. The van der Waals surface area contributed by atoms with Crippen LogP contribution in [0.2, 0.25) is 5.15 Å². The number of nitrogens with zero attached hydrogens (tertiary/aromatic N) is 2. The number of esters is 1. The second-order valence-electron chi connectivity index (χ2n) is 5.90. The quantitative estimate of drug-likeness (QED) is 0.679. The first kappa shape index (κ1) is 17.2. The SMILES string of the molecule is CCC(C)(C)c1ccc(-c2nc(N)c(C(=O)OC)c(Cl)n2)cc1. The van der Waals surface area contributed by atoms with E-state index in [1.54, 1.807) is 0 Å². The third-order valence-corrected chi connectivity index (χ3v) is 4.36. The molecule has 0 atom stereocenters. The lowest BCUT2D eigenvalue weighted by Gasteiger charge is -2.23. The predicted octanol–water partition coefficient (Wildman–Crippen LogP) is 3.85. The molecular formula is C17H20ClN3O2. The van der Waals surface area contributed by atoms with Crippen LogP contribution in [0.1, 0.15) is 43.1 Å². The van der Waals surface area contributed by atoms with Crippen LogP contribution in [0.15, 0.2) is 24.3 Å². The van der Waals surface area contributed by atoms with Gasteiger partial charge in [-0.3, -0.25) is 0 Å². The summed E-state index contributed by atoms with van der Waals surface area (Å²) >= 11 is 6.05. The number of rotatable bonds is 4. The maximum absolute atomic E-state index is 11.6. The van der Waals surface area contributed by atoms with Gasteiger partial charge < -0.3 is 10.5 Å². The molecule has 2 rings (SSSR count). The van der Waals surface area contributed by atoms with Gasteiger partial charge in [0.25, 0.3) is 0 Å². The highest BCUT2D eigenvalue weighted by Gasteiger charge is 2.21. The Balaban J connectivity index is 2.42. The monoisotopic (exact) mass is 333 g/mol. The van der Waals surface area contributed by atoms with Crippen molar-refractivity contribution in [3.8, 4) is 11.4 Å². The summed E-state index contributed by atoms with van der Waals surface area (Å²) in [5, 5.41) is -0.0164. The molecule has 6 heteroatoms. The Labute approximate surface area is 140 Å². The summed E-state index contributed by atoms with van der Waals surface area (Å²) in [4.78, 5) is 19.9. The van der Waals surface area contributed by atoms with Crippen LogP contribution in [0, 0.1) is 0 Å². The number of carbonyl (C=O) groups is 1. The first-order chi connectivity index (χ1) is 10.8. The van der Waals surface area contributed by atoms with Crippen molar-refractivity contribution >= 4 is 23.4 Å². The molecule has 0 spiro atoms. The summed E-state index contributed by atoms with van der Waals surface area (Å²) in [6, 6.07) is 7.94. The van der Waals surface area contributed by atoms with Crippen molar-refractivity contribution in [3.63, 3.8) is 0 Å². The summed E-state index contributed by atoms with van der Waals surface area (Å²) in [6.45, 7) is 6.54. The molecular weight excluding hydrogens is 314 g/mol. The maximum atomic E-state index is 11.6. The van der Waals surface area contributed by atoms with Crippen LogP contribution in [0.5, 0.6) is 0 Å². The fraction of sp³-hybridized carbons (Fsp3) is 0.353. The van der Waals surface area contributed by atoms with Gasteiger partial charge in [-0.1, -0.05) is 56.6 Å². The zero-order valence-corrected chi connectivity index (χ0v) is 14.4. The van der Waals surface area contributed by atoms with E-state index in [1.165, 1.54) is 12.7 Å². The van der Waals surface area contributed by atoms with E-state index in [4.69, 9.17) is 17.3 Å². The molecule has 0 aliphatic carbocycles. The third kappa shape index (κ3) is 3.45. The van der Waals surface area contributed by atoms with Gasteiger partial charge in [0, 0.05) is 5.56 Å². The highest BCUT2D eigenvalue weighted by atomic mass is 35.5. The molecule has 0 saturated heterocycles. The fourth-order valence-corrected chi connectivity index (χ4v) is 2.40. The molecule has 0 unspecified atom stereocenters. The number of benzene rings is 1. The number of nitrogen functional groups attached to an aromatic ring is 1. The van der Waals surface area contributed by atoms with Gasteiger partial charge in [0.1, 0.15) is 16.5 Å². The average molecular weight is 334 g/mol. The molecule has 2 aromatic rings. The number of carbonyl (C=O) groups excluding carboxylic acids is 1. The average Bonchev–Trinajstić information content (AvgIpc) is 2.54. The number of hydrogen-bond donors (Lipinski definition) is 1. The van der Waals surface area contributed by atoms with Crippen molar-refractivity contribution in [2.24, 2.45) is 0 Å². The predicted molar refractivity (Wildman–Crippen MR) is 91.5 cm³/mol. The summed E-state index contributed by atoms with van der Waals surface area (Å²) in [5.74, 6) is -0.273. The largest absolute Gasteiger partial charge is 0.465 e. The Kier molecular flexibility index (Phi) is 4.90. The Morgan fingerprint density at radius 1 is 1.26 bits per heavy atom. The Bertz CT molecular complexity index is 704. The minimum atomic E-state index is -0.654. The lowest BCUT2D eigenvalue weighted by atomic mass is 9.82. The van der Waals surface area contributed by atoms with Crippen LogP contribution in [0.4, 0.5) is 5.82 Å². The molecule has 1 aromatic carbocycles. The zero-order chi connectivity index (χ0) is 17.2. The van der Waals surface area contributed by atoms with E-state index in [0.717, 1.165) is 12.0 Å². The number of halogens is 1. The molecule has 0 amide bonds. The summed E-state index contributed by atoms with van der Waals surface area (Å²) < 4.78 is 4.63. The van der Waals surface area contributed by atoms with E-state index >= 15 is 0 Å².